The van der Waals surface area contributed by atoms with Gasteiger partial charge in [0.05, 0.1) is 6.42 Å². The van der Waals surface area contributed by atoms with Crippen LogP contribution in [0.5, 0.6) is 0 Å². The third kappa shape index (κ3) is 2.86. The Hall–Kier alpha value is -1.38. The van der Waals surface area contributed by atoms with Crippen LogP contribution in [-0.2, 0) is 4.79 Å². The van der Waals surface area contributed by atoms with Crippen LogP contribution in [0.2, 0.25) is 0 Å². The number of hydrogen-bond donors (Lipinski definition) is 1. The van der Waals surface area contributed by atoms with E-state index in [0.717, 1.165) is 5.56 Å². The molecular weight excluding hydrogens is 169 g/mol. The number of carbonyl (C=O) groups is 1. The normalized spacial score (nSPS) is 12.5. The van der Waals surface area contributed by atoms with Crippen molar-refractivity contribution in [3.05, 3.63) is 35.4 Å². The first-order valence-corrected chi connectivity index (χ1v) is 4.08. The average molecular weight is 181 g/mol. The molecular formula is C10H12FNO. The lowest BCUT2D eigenvalue weighted by atomic mass is 10.1. The minimum atomic E-state index is -1.28. The summed E-state index contributed by atoms with van der Waals surface area (Å²) in [5, 5.41) is 0. The molecule has 13 heavy (non-hydrogen) atoms. The molecule has 3 heteroatoms. The number of carbonyl (C=O) groups excluding carboxylic acids is 1. The molecule has 1 amide bonds. The number of hydrogen-bond acceptors (Lipinski definition) is 1. The zero-order valence-electron chi connectivity index (χ0n) is 7.46. The van der Waals surface area contributed by atoms with Gasteiger partial charge in [-0.3, -0.25) is 4.79 Å². The Bertz CT molecular complexity index is 312. The van der Waals surface area contributed by atoms with E-state index in [2.05, 4.69) is 0 Å². The van der Waals surface area contributed by atoms with Crippen LogP contribution in [0.15, 0.2) is 24.3 Å². The van der Waals surface area contributed by atoms with Crippen molar-refractivity contribution in [2.45, 2.75) is 19.5 Å². The van der Waals surface area contributed by atoms with Gasteiger partial charge in [-0.15, -0.1) is 0 Å². The first kappa shape index (κ1) is 9.71. The van der Waals surface area contributed by atoms with Crippen molar-refractivity contribution >= 4 is 5.91 Å². The predicted octanol–water partition coefficient (Wildman–Crippen LogP) is 1.88. The summed E-state index contributed by atoms with van der Waals surface area (Å²) in [5.41, 5.74) is 6.38. The fraction of sp³-hybridized carbons (Fsp3) is 0.300. The predicted molar refractivity (Wildman–Crippen MR) is 48.8 cm³/mol. The summed E-state index contributed by atoms with van der Waals surface area (Å²) >= 11 is 0. The molecule has 0 bridgehead atoms. The summed E-state index contributed by atoms with van der Waals surface area (Å²) in [6, 6.07) is 7.01. The second-order valence-corrected chi connectivity index (χ2v) is 3.05. The van der Waals surface area contributed by atoms with Gasteiger partial charge in [-0.1, -0.05) is 29.8 Å². The van der Waals surface area contributed by atoms with Crippen molar-refractivity contribution in [2.24, 2.45) is 5.73 Å². The fourth-order valence-electron chi connectivity index (χ4n) is 1.16. The molecule has 0 fully saturated rings. The number of rotatable bonds is 3. The maximum Gasteiger partial charge on any atom is 0.220 e. The molecule has 0 spiro atoms. The van der Waals surface area contributed by atoms with E-state index in [1.165, 1.54) is 0 Å². The highest BCUT2D eigenvalue weighted by atomic mass is 19.1. The van der Waals surface area contributed by atoms with Crippen molar-refractivity contribution in [3.63, 3.8) is 0 Å². The molecule has 2 N–H and O–H groups in total. The average Bonchev–Trinajstić information content (AvgIpc) is 2.03. The number of aryl methyl sites for hydroxylation is 1. The molecule has 0 unspecified atom stereocenters. The lowest BCUT2D eigenvalue weighted by Crippen LogP contribution is -2.13. The second-order valence-electron chi connectivity index (χ2n) is 3.05. The van der Waals surface area contributed by atoms with Gasteiger partial charge in [-0.25, -0.2) is 4.39 Å². The lowest BCUT2D eigenvalue weighted by molar-refractivity contribution is -0.119. The number of primary amides is 1. The minimum Gasteiger partial charge on any atom is -0.370 e. The molecule has 0 heterocycles. The number of benzene rings is 1. The maximum atomic E-state index is 13.3. The first-order valence-electron chi connectivity index (χ1n) is 4.08. The van der Waals surface area contributed by atoms with Gasteiger partial charge < -0.3 is 5.73 Å². The van der Waals surface area contributed by atoms with Crippen LogP contribution >= 0.6 is 0 Å². The van der Waals surface area contributed by atoms with Crippen molar-refractivity contribution in [1.29, 1.82) is 0 Å². The smallest absolute Gasteiger partial charge is 0.220 e. The molecule has 2 nitrogen and oxygen atoms in total. The van der Waals surface area contributed by atoms with Gasteiger partial charge in [-0.05, 0) is 12.5 Å². The van der Waals surface area contributed by atoms with Crippen LogP contribution in [0, 0.1) is 6.92 Å². The third-order valence-electron chi connectivity index (χ3n) is 1.78. The first-order chi connectivity index (χ1) is 6.09. The zero-order chi connectivity index (χ0) is 9.84. The Labute approximate surface area is 76.6 Å². The standard InChI is InChI=1S/C10H12FNO/c1-7-3-2-4-8(5-7)9(11)6-10(12)13/h2-5,9H,6H2,1H3,(H2,12,13)/t9-/m0/s1. The topological polar surface area (TPSA) is 43.1 Å². The van der Waals surface area contributed by atoms with Crippen LogP contribution < -0.4 is 5.73 Å². The Kier molecular flexibility index (Phi) is 3.01. The van der Waals surface area contributed by atoms with Crippen LogP contribution in [0.4, 0.5) is 4.39 Å². The molecule has 1 rings (SSSR count). The Morgan fingerprint density at radius 1 is 1.62 bits per heavy atom. The van der Waals surface area contributed by atoms with E-state index < -0.39 is 12.1 Å². The number of alkyl halides is 1. The van der Waals surface area contributed by atoms with E-state index in [9.17, 15) is 9.18 Å². The molecule has 0 radical (unpaired) electrons. The SMILES string of the molecule is Cc1cccc([C@@H](F)CC(N)=O)c1. The highest BCUT2D eigenvalue weighted by Crippen LogP contribution is 2.21. The number of amides is 1. The molecule has 0 aliphatic heterocycles. The zero-order valence-corrected chi connectivity index (χ0v) is 7.46. The molecule has 0 saturated carbocycles. The lowest BCUT2D eigenvalue weighted by Gasteiger charge is -2.06. The van der Waals surface area contributed by atoms with Gasteiger partial charge in [-0.2, -0.15) is 0 Å². The summed E-state index contributed by atoms with van der Waals surface area (Å²) in [4.78, 5) is 10.5. The largest absolute Gasteiger partial charge is 0.370 e. The molecule has 0 saturated heterocycles. The Morgan fingerprint density at radius 2 is 2.31 bits per heavy atom. The van der Waals surface area contributed by atoms with Crippen molar-refractivity contribution in [2.75, 3.05) is 0 Å². The highest BCUT2D eigenvalue weighted by molar-refractivity contribution is 5.74. The molecule has 1 aromatic rings. The second kappa shape index (κ2) is 4.03. The van der Waals surface area contributed by atoms with Gasteiger partial charge >= 0.3 is 0 Å². The number of halogens is 1. The molecule has 70 valence electrons. The fourth-order valence-corrected chi connectivity index (χ4v) is 1.16. The Balaban J connectivity index is 2.76. The molecule has 0 aliphatic rings. The quantitative estimate of drug-likeness (QED) is 0.760. The van der Waals surface area contributed by atoms with Crippen LogP contribution in [-0.4, -0.2) is 5.91 Å². The van der Waals surface area contributed by atoms with Gasteiger partial charge in [0.15, 0.2) is 0 Å². The summed E-state index contributed by atoms with van der Waals surface area (Å²) in [6.45, 7) is 1.88. The van der Waals surface area contributed by atoms with Gasteiger partial charge in [0, 0.05) is 0 Å². The summed E-state index contributed by atoms with van der Waals surface area (Å²) in [6.07, 6.45) is -1.53. The molecule has 0 aliphatic carbocycles. The van der Waals surface area contributed by atoms with Crippen LogP contribution in [0.3, 0.4) is 0 Å². The van der Waals surface area contributed by atoms with Gasteiger partial charge in [0.1, 0.15) is 6.17 Å². The van der Waals surface area contributed by atoms with E-state index in [-0.39, 0.29) is 6.42 Å². The summed E-state index contributed by atoms with van der Waals surface area (Å²) in [5.74, 6) is -0.617. The van der Waals surface area contributed by atoms with Crippen LogP contribution in [0.1, 0.15) is 23.7 Å². The highest BCUT2D eigenvalue weighted by Gasteiger charge is 2.12. The third-order valence-corrected chi connectivity index (χ3v) is 1.78. The van der Waals surface area contributed by atoms with E-state index in [1.807, 2.05) is 13.0 Å². The minimum absolute atomic E-state index is 0.247. The maximum absolute atomic E-state index is 13.3. The van der Waals surface area contributed by atoms with Crippen molar-refractivity contribution in [1.82, 2.24) is 0 Å². The number of nitrogens with two attached hydrogens (primary N) is 1. The molecule has 1 atom stereocenters. The monoisotopic (exact) mass is 181 g/mol. The Morgan fingerprint density at radius 3 is 2.85 bits per heavy atom. The molecule has 1 aromatic carbocycles. The summed E-state index contributed by atoms with van der Waals surface area (Å²) in [7, 11) is 0. The van der Waals surface area contributed by atoms with Gasteiger partial charge in [0.25, 0.3) is 0 Å². The van der Waals surface area contributed by atoms with Crippen molar-refractivity contribution < 1.29 is 9.18 Å². The molecule has 0 aromatic heterocycles. The van der Waals surface area contributed by atoms with E-state index >= 15 is 0 Å². The van der Waals surface area contributed by atoms with E-state index in [0.29, 0.717) is 5.56 Å². The van der Waals surface area contributed by atoms with E-state index in [4.69, 9.17) is 5.73 Å². The van der Waals surface area contributed by atoms with Gasteiger partial charge in [0.2, 0.25) is 5.91 Å². The van der Waals surface area contributed by atoms with Crippen LogP contribution in [0.25, 0.3) is 0 Å². The van der Waals surface area contributed by atoms with Crippen molar-refractivity contribution in [3.8, 4) is 0 Å². The van der Waals surface area contributed by atoms with E-state index in [1.54, 1.807) is 18.2 Å². The summed E-state index contributed by atoms with van der Waals surface area (Å²) < 4.78 is 13.3.